The van der Waals surface area contributed by atoms with Crippen LogP contribution in [0.4, 0.5) is 0 Å². The number of rotatable bonds is 4. The minimum atomic E-state index is -0.612. The van der Waals surface area contributed by atoms with Crippen LogP contribution in [-0.2, 0) is 11.3 Å². The van der Waals surface area contributed by atoms with Crippen LogP contribution in [0.3, 0.4) is 0 Å². The Balaban J connectivity index is 2.83. The zero-order chi connectivity index (χ0) is 14.1. The van der Waals surface area contributed by atoms with Gasteiger partial charge in [0.15, 0.2) is 0 Å². The molecule has 0 aliphatic heterocycles. The second-order valence-electron chi connectivity index (χ2n) is 6.01. The van der Waals surface area contributed by atoms with Crippen LogP contribution in [0.2, 0.25) is 0 Å². The maximum absolute atomic E-state index is 12.5. The summed E-state index contributed by atoms with van der Waals surface area (Å²) < 4.78 is 5.24. The highest BCUT2D eigenvalue weighted by molar-refractivity contribution is 5.83. The first-order chi connectivity index (χ1) is 8.07. The van der Waals surface area contributed by atoms with E-state index in [0.29, 0.717) is 6.54 Å². The van der Waals surface area contributed by atoms with Crippen LogP contribution in [-0.4, -0.2) is 23.4 Å². The molecule has 1 rings (SSSR count). The minimum Gasteiger partial charge on any atom is -0.469 e. The smallest absolute Gasteiger partial charge is 0.230 e. The van der Waals surface area contributed by atoms with Crippen LogP contribution >= 0.6 is 0 Å². The molecule has 0 aliphatic rings. The van der Waals surface area contributed by atoms with Crippen molar-refractivity contribution in [1.82, 2.24) is 4.90 Å². The number of nitrogens with two attached hydrogens (primary N) is 1. The molecule has 1 aromatic rings. The summed E-state index contributed by atoms with van der Waals surface area (Å²) in [5, 5.41) is 0. The molecule has 1 heterocycles. The van der Waals surface area contributed by atoms with E-state index in [1.807, 2.05) is 40.7 Å². The molecule has 0 saturated heterocycles. The fourth-order valence-corrected chi connectivity index (χ4v) is 1.66. The van der Waals surface area contributed by atoms with E-state index in [4.69, 9.17) is 10.2 Å². The van der Waals surface area contributed by atoms with E-state index in [0.717, 1.165) is 11.3 Å². The number of hydrogen-bond acceptors (Lipinski definition) is 3. The summed E-state index contributed by atoms with van der Waals surface area (Å²) in [6.07, 6.45) is 1.64. The first-order valence-electron chi connectivity index (χ1n) is 6.15. The molecule has 18 heavy (non-hydrogen) atoms. The topological polar surface area (TPSA) is 59.5 Å². The van der Waals surface area contributed by atoms with Gasteiger partial charge in [-0.3, -0.25) is 4.79 Å². The van der Waals surface area contributed by atoms with Crippen LogP contribution in [0.1, 0.15) is 39.0 Å². The van der Waals surface area contributed by atoms with Crippen molar-refractivity contribution in [2.75, 3.05) is 7.05 Å². The van der Waals surface area contributed by atoms with Crippen molar-refractivity contribution in [3.63, 3.8) is 0 Å². The van der Waals surface area contributed by atoms with Crippen molar-refractivity contribution >= 4 is 5.91 Å². The molecule has 0 fully saturated rings. The molecule has 0 spiro atoms. The number of amides is 1. The van der Waals surface area contributed by atoms with Crippen molar-refractivity contribution in [1.29, 1.82) is 0 Å². The molecule has 0 bridgehead atoms. The molecule has 4 heteroatoms. The van der Waals surface area contributed by atoms with Crippen LogP contribution in [0, 0.1) is 12.3 Å². The SMILES string of the molecule is Cc1occc1CN(C)C(=O)C(C)(C)C(C)(C)N. The Bertz CT molecular complexity index is 427. The Morgan fingerprint density at radius 3 is 2.33 bits per heavy atom. The molecule has 1 aromatic heterocycles. The number of aryl methyl sites for hydroxylation is 1. The van der Waals surface area contributed by atoms with Crippen molar-refractivity contribution in [3.8, 4) is 0 Å². The first kappa shape index (κ1) is 14.8. The number of nitrogens with zero attached hydrogens (tertiary/aromatic N) is 1. The zero-order valence-corrected chi connectivity index (χ0v) is 12.2. The molecule has 4 nitrogen and oxygen atoms in total. The molecular formula is C14H24N2O2. The molecule has 0 aromatic carbocycles. The summed E-state index contributed by atoms with van der Waals surface area (Å²) in [7, 11) is 1.79. The number of carbonyl (C=O) groups excluding carboxylic acids is 1. The Kier molecular flexibility index (Phi) is 3.91. The lowest BCUT2D eigenvalue weighted by Gasteiger charge is -2.39. The van der Waals surface area contributed by atoms with E-state index < -0.39 is 11.0 Å². The van der Waals surface area contributed by atoms with Gasteiger partial charge in [-0.2, -0.15) is 0 Å². The lowest BCUT2D eigenvalue weighted by Crippen LogP contribution is -2.55. The largest absolute Gasteiger partial charge is 0.469 e. The standard InChI is InChI=1S/C14H24N2O2/c1-10-11(7-8-18-10)9-16(6)12(17)13(2,3)14(4,5)15/h7-8H,9,15H2,1-6H3. The Hall–Kier alpha value is -1.29. The predicted molar refractivity (Wildman–Crippen MR) is 72.0 cm³/mol. The lowest BCUT2D eigenvalue weighted by atomic mass is 9.74. The third-order valence-electron chi connectivity index (χ3n) is 3.87. The molecule has 0 unspecified atom stereocenters. The van der Waals surface area contributed by atoms with E-state index in [-0.39, 0.29) is 5.91 Å². The van der Waals surface area contributed by atoms with Crippen molar-refractivity contribution in [2.45, 2.75) is 46.7 Å². The van der Waals surface area contributed by atoms with Crippen LogP contribution in [0.25, 0.3) is 0 Å². The zero-order valence-electron chi connectivity index (χ0n) is 12.2. The summed E-state index contributed by atoms with van der Waals surface area (Å²) in [5.41, 5.74) is 5.94. The monoisotopic (exact) mass is 252 g/mol. The van der Waals surface area contributed by atoms with Gasteiger partial charge in [0, 0.05) is 24.7 Å². The summed E-state index contributed by atoms with van der Waals surface area (Å²) >= 11 is 0. The molecule has 0 saturated carbocycles. The molecule has 0 atom stereocenters. The maximum Gasteiger partial charge on any atom is 0.230 e. The predicted octanol–water partition coefficient (Wildman–Crippen LogP) is 2.31. The second-order valence-corrected chi connectivity index (χ2v) is 6.01. The summed E-state index contributed by atoms with van der Waals surface area (Å²) in [6, 6.07) is 1.89. The lowest BCUT2D eigenvalue weighted by molar-refractivity contribution is -0.142. The van der Waals surface area contributed by atoms with Gasteiger partial charge in [-0.1, -0.05) is 0 Å². The minimum absolute atomic E-state index is 0.0376. The normalized spacial score (nSPS) is 12.6. The summed E-state index contributed by atoms with van der Waals surface area (Å²) in [6.45, 7) is 9.96. The molecular weight excluding hydrogens is 228 g/mol. The van der Waals surface area contributed by atoms with E-state index >= 15 is 0 Å². The van der Waals surface area contributed by atoms with E-state index in [2.05, 4.69) is 0 Å². The summed E-state index contributed by atoms with van der Waals surface area (Å²) in [4.78, 5) is 14.2. The summed E-state index contributed by atoms with van der Waals surface area (Å²) in [5.74, 6) is 0.884. The Labute approximate surface area is 109 Å². The van der Waals surface area contributed by atoms with Gasteiger partial charge in [0.05, 0.1) is 11.7 Å². The highest BCUT2D eigenvalue weighted by atomic mass is 16.3. The van der Waals surface area contributed by atoms with Crippen LogP contribution in [0.5, 0.6) is 0 Å². The molecule has 1 amide bonds. The van der Waals surface area contributed by atoms with Gasteiger partial charge in [0.2, 0.25) is 5.91 Å². The highest BCUT2D eigenvalue weighted by Gasteiger charge is 2.42. The van der Waals surface area contributed by atoms with Crippen LogP contribution in [0.15, 0.2) is 16.7 Å². The van der Waals surface area contributed by atoms with E-state index in [1.165, 1.54) is 0 Å². The van der Waals surface area contributed by atoms with Crippen LogP contribution < -0.4 is 5.73 Å². The van der Waals surface area contributed by atoms with Gasteiger partial charge in [0.25, 0.3) is 0 Å². The molecule has 2 N–H and O–H groups in total. The van der Waals surface area contributed by atoms with Gasteiger partial charge < -0.3 is 15.1 Å². The second kappa shape index (κ2) is 4.76. The average molecular weight is 252 g/mol. The number of hydrogen-bond donors (Lipinski definition) is 1. The Morgan fingerprint density at radius 2 is 1.94 bits per heavy atom. The van der Waals surface area contributed by atoms with Gasteiger partial charge in [0.1, 0.15) is 5.76 Å². The number of furan rings is 1. The Morgan fingerprint density at radius 1 is 1.39 bits per heavy atom. The van der Waals surface area contributed by atoms with Gasteiger partial charge in [-0.25, -0.2) is 0 Å². The van der Waals surface area contributed by atoms with Gasteiger partial charge in [-0.15, -0.1) is 0 Å². The average Bonchev–Trinajstić information content (AvgIpc) is 2.61. The molecule has 0 aliphatic carbocycles. The fourth-order valence-electron chi connectivity index (χ4n) is 1.66. The first-order valence-corrected chi connectivity index (χ1v) is 6.15. The van der Waals surface area contributed by atoms with Crippen molar-refractivity contribution < 1.29 is 9.21 Å². The van der Waals surface area contributed by atoms with Gasteiger partial charge in [-0.05, 0) is 40.7 Å². The van der Waals surface area contributed by atoms with Crippen molar-refractivity contribution in [3.05, 3.63) is 23.7 Å². The van der Waals surface area contributed by atoms with Crippen molar-refractivity contribution in [2.24, 2.45) is 11.1 Å². The molecule has 102 valence electrons. The highest BCUT2D eigenvalue weighted by Crippen LogP contribution is 2.30. The number of carbonyl (C=O) groups is 1. The van der Waals surface area contributed by atoms with E-state index in [1.54, 1.807) is 18.2 Å². The van der Waals surface area contributed by atoms with Gasteiger partial charge >= 0.3 is 0 Å². The third-order valence-corrected chi connectivity index (χ3v) is 3.87. The maximum atomic E-state index is 12.5. The quantitative estimate of drug-likeness (QED) is 0.894. The third kappa shape index (κ3) is 2.75. The molecule has 0 radical (unpaired) electrons. The van der Waals surface area contributed by atoms with E-state index in [9.17, 15) is 4.79 Å². The fraction of sp³-hybridized carbons (Fsp3) is 0.643.